The summed E-state index contributed by atoms with van der Waals surface area (Å²) >= 11 is 0. The number of β-amino-alcohol motifs (C(OH)–C–C–N with tert-alkyl or cyclic N) is 1. The smallest absolute Gasteiger partial charge is 0.223 e. The molecule has 2 atom stereocenters. The molecule has 5 heteroatoms. The summed E-state index contributed by atoms with van der Waals surface area (Å²) in [6.07, 6.45) is 5.42. The summed E-state index contributed by atoms with van der Waals surface area (Å²) in [6.45, 7) is 2.08. The third-order valence-electron chi connectivity index (χ3n) is 3.82. The van der Waals surface area contributed by atoms with Crippen LogP contribution in [0.5, 0.6) is 0 Å². The largest absolute Gasteiger partial charge is 0.391 e. The average Bonchev–Trinajstić information content (AvgIpc) is 2.73. The molecule has 1 aliphatic heterocycles. The normalized spacial score (nSPS) is 29.7. The number of hydrogen-bond donors (Lipinski definition) is 3. The fourth-order valence-electron chi connectivity index (χ4n) is 2.67. The minimum absolute atomic E-state index is 0. The maximum absolute atomic E-state index is 11.8. The Bertz CT molecular complexity index is 245. The van der Waals surface area contributed by atoms with Crippen LogP contribution in [0.25, 0.3) is 0 Å². The Morgan fingerprint density at radius 1 is 1.24 bits per heavy atom. The first-order valence-electron chi connectivity index (χ1n) is 6.44. The molecule has 0 bridgehead atoms. The Kier molecular flexibility index (Phi) is 6.23. The van der Waals surface area contributed by atoms with Gasteiger partial charge in [-0.3, -0.25) is 4.79 Å². The molecule has 0 spiro atoms. The van der Waals surface area contributed by atoms with Gasteiger partial charge in [0.15, 0.2) is 0 Å². The molecule has 0 radical (unpaired) electrons. The van der Waals surface area contributed by atoms with Gasteiger partial charge in [-0.15, -0.1) is 12.4 Å². The molecule has 17 heavy (non-hydrogen) atoms. The second-order valence-corrected chi connectivity index (χ2v) is 5.07. The zero-order valence-corrected chi connectivity index (χ0v) is 11.0. The van der Waals surface area contributed by atoms with Gasteiger partial charge < -0.3 is 15.7 Å². The highest BCUT2D eigenvalue weighted by molar-refractivity contribution is 5.85. The van der Waals surface area contributed by atoms with E-state index in [1.54, 1.807) is 0 Å². The third kappa shape index (κ3) is 4.12. The highest BCUT2D eigenvalue weighted by Crippen LogP contribution is 2.23. The first kappa shape index (κ1) is 14.7. The van der Waals surface area contributed by atoms with Crippen molar-refractivity contribution in [2.45, 2.75) is 38.2 Å². The SMILES string of the molecule is Cl.O=C(NCC1CNCC1O)C1CCCCC1. The molecule has 1 saturated heterocycles. The topological polar surface area (TPSA) is 61.4 Å². The molecule has 0 aromatic heterocycles. The van der Waals surface area contributed by atoms with Crippen LogP contribution in [-0.2, 0) is 4.79 Å². The number of hydrogen-bond acceptors (Lipinski definition) is 3. The molecule has 1 aliphatic carbocycles. The summed E-state index contributed by atoms with van der Waals surface area (Å²) in [4.78, 5) is 11.8. The molecule has 1 saturated carbocycles. The van der Waals surface area contributed by atoms with Crippen LogP contribution in [0.4, 0.5) is 0 Å². The lowest BCUT2D eigenvalue weighted by Crippen LogP contribution is -2.38. The van der Waals surface area contributed by atoms with Gasteiger partial charge in [0, 0.05) is 31.5 Å². The Morgan fingerprint density at radius 3 is 2.53 bits per heavy atom. The Hall–Kier alpha value is -0.320. The van der Waals surface area contributed by atoms with E-state index < -0.39 is 0 Å². The first-order chi connectivity index (χ1) is 7.77. The fourth-order valence-corrected chi connectivity index (χ4v) is 2.67. The van der Waals surface area contributed by atoms with Gasteiger partial charge in [0.25, 0.3) is 0 Å². The molecule has 4 nitrogen and oxygen atoms in total. The predicted octanol–water partition coefficient (Wildman–Crippen LogP) is 0.685. The minimum atomic E-state index is -0.299. The van der Waals surface area contributed by atoms with E-state index in [2.05, 4.69) is 10.6 Å². The Labute approximate surface area is 109 Å². The lowest BCUT2D eigenvalue weighted by Gasteiger charge is -2.22. The van der Waals surface area contributed by atoms with E-state index in [1.165, 1.54) is 19.3 Å². The van der Waals surface area contributed by atoms with E-state index in [0.717, 1.165) is 19.4 Å². The summed E-state index contributed by atoms with van der Waals surface area (Å²) in [7, 11) is 0. The van der Waals surface area contributed by atoms with Crippen LogP contribution >= 0.6 is 12.4 Å². The highest BCUT2D eigenvalue weighted by Gasteiger charge is 2.27. The zero-order chi connectivity index (χ0) is 11.4. The van der Waals surface area contributed by atoms with E-state index in [1.807, 2.05) is 0 Å². The van der Waals surface area contributed by atoms with Crippen molar-refractivity contribution in [1.29, 1.82) is 0 Å². The van der Waals surface area contributed by atoms with Crippen molar-refractivity contribution in [2.24, 2.45) is 11.8 Å². The van der Waals surface area contributed by atoms with Gasteiger partial charge in [-0.05, 0) is 12.8 Å². The maximum Gasteiger partial charge on any atom is 0.223 e. The number of nitrogens with one attached hydrogen (secondary N) is 2. The molecular weight excluding hydrogens is 240 g/mol. The van der Waals surface area contributed by atoms with Crippen LogP contribution < -0.4 is 10.6 Å². The van der Waals surface area contributed by atoms with E-state index in [0.29, 0.717) is 13.1 Å². The van der Waals surface area contributed by atoms with Crippen molar-refractivity contribution in [3.63, 3.8) is 0 Å². The Morgan fingerprint density at radius 2 is 1.94 bits per heavy atom. The molecule has 2 aliphatic rings. The summed E-state index contributed by atoms with van der Waals surface area (Å²) in [5.41, 5.74) is 0. The van der Waals surface area contributed by atoms with Gasteiger partial charge in [0.05, 0.1) is 6.10 Å². The number of carbonyl (C=O) groups is 1. The number of aliphatic hydroxyl groups is 1. The van der Waals surface area contributed by atoms with Crippen LogP contribution in [0.2, 0.25) is 0 Å². The third-order valence-corrected chi connectivity index (χ3v) is 3.82. The van der Waals surface area contributed by atoms with Gasteiger partial charge in [-0.25, -0.2) is 0 Å². The number of rotatable bonds is 3. The van der Waals surface area contributed by atoms with Crippen molar-refractivity contribution >= 4 is 18.3 Å². The molecule has 1 amide bonds. The lowest BCUT2D eigenvalue weighted by atomic mass is 9.88. The second kappa shape index (κ2) is 7.19. The predicted molar refractivity (Wildman–Crippen MR) is 69.2 cm³/mol. The van der Waals surface area contributed by atoms with Gasteiger partial charge >= 0.3 is 0 Å². The van der Waals surface area contributed by atoms with Gasteiger partial charge in [0.1, 0.15) is 0 Å². The lowest BCUT2D eigenvalue weighted by molar-refractivity contribution is -0.126. The maximum atomic E-state index is 11.8. The van der Waals surface area contributed by atoms with E-state index >= 15 is 0 Å². The quantitative estimate of drug-likeness (QED) is 0.701. The van der Waals surface area contributed by atoms with Crippen LogP contribution in [-0.4, -0.2) is 36.8 Å². The number of aliphatic hydroxyl groups excluding tert-OH is 1. The number of halogens is 1. The van der Waals surface area contributed by atoms with Crippen LogP contribution in [0.1, 0.15) is 32.1 Å². The minimum Gasteiger partial charge on any atom is -0.391 e. The second-order valence-electron chi connectivity index (χ2n) is 5.07. The summed E-state index contributed by atoms with van der Waals surface area (Å²) in [5.74, 6) is 0.603. The van der Waals surface area contributed by atoms with Crippen molar-refractivity contribution in [2.75, 3.05) is 19.6 Å². The molecule has 2 rings (SSSR count). The molecule has 1 heterocycles. The van der Waals surface area contributed by atoms with E-state index in [4.69, 9.17) is 0 Å². The van der Waals surface area contributed by atoms with Crippen molar-refractivity contribution < 1.29 is 9.90 Å². The number of carbonyl (C=O) groups excluding carboxylic acids is 1. The molecule has 3 N–H and O–H groups in total. The van der Waals surface area contributed by atoms with E-state index in [-0.39, 0.29) is 36.3 Å². The van der Waals surface area contributed by atoms with Crippen LogP contribution in [0.3, 0.4) is 0 Å². The fraction of sp³-hybridized carbons (Fsp3) is 0.917. The molecule has 2 fully saturated rings. The zero-order valence-electron chi connectivity index (χ0n) is 10.2. The van der Waals surface area contributed by atoms with E-state index in [9.17, 15) is 9.90 Å². The van der Waals surface area contributed by atoms with Crippen LogP contribution in [0.15, 0.2) is 0 Å². The first-order valence-corrected chi connectivity index (χ1v) is 6.44. The summed E-state index contributed by atoms with van der Waals surface area (Å²) in [6, 6.07) is 0. The molecule has 0 aromatic rings. The van der Waals surface area contributed by atoms with Gasteiger partial charge in [0.2, 0.25) is 5.91 Å². The summed E-state index contributed by atoms with van der Waals surface area (Å²) in [5, 5.41) is 15.7. The summed E-state index contributed by atoms with van der Waals surface area (Å²) < 4.78 is 0. The van der Waals surface area contributed by atoms with Gasteiger partial charge in [-0.1, -0.05) is 19.3 Å². The molecule has 0 aromatic carbocycles. The molecule has 100 valence electrons. The molecule has 2 unspecified atom stereocenters. The van der Waals surface area contributed by atoms with Gasteiger partial charge in [-0.2, -0.15) is 0 Å². The van der Waals surface area contributed by atoms with Crippen molar-refractivity contribution in [3.8, 4) is 0 Å². The monoisotopic (exact) mass is 262 g/mol. The van der Waals surface area contributed by atoms with Crippen molar-refractivity contribution in [3.05, 3.63) is 0 Å². The standard InChI is InChI=1S/C12H22N2O2.ClH/c15-11-8-13-6-10(11)7-14-12(16)9-4-2-1-3-5-9;/h9-11,13,15H,1-8H2,(H,14,16);1H. The van der Waals surface area contributed by atoms with Crippen molar-refractivity contribution in [1.82, 2.24) is 10.6 Å². The van der Waals surface area contributed by atoms with Crippen LogP contribution in [0, 0.1) is 11.8 Å². The highest BCUT2D eigenvalue weighted by atomic mass is 35.5. The Balaban J connectivity index is 0.00000144. The number of amides is 1. The average molecular weight is 263 g/mol. The molecular formula is C12H23ClN2O2.